The fourth-order valence-electron chi connectivity index (χ4n) is 10.1. The molecule has 0 amide bonds. The Morgan fingerprint density at radius 1 is 0.286 bits per heavy atom. The molecule has 348 valence electrons. The predicted molar refractivity (Wildman–Crippen MR) is 280 cm³/mol. The molecule has 0 spiro atoms. The van der Waals surface area contributed by atoms with Gasteiger partial charge in [0.15, 0.2) is 0 Å². The summed E-state index contributed by atoms with van der Waals surface area (Å²) in [6.07, 6.45) is 41.7. The van der Waals surface area contributed by atoms with Crippen LogP contribution in [0.2, 0.25) is 0 Å². The molecule has 0 aromatic heterocycles. The van der Waals surface area contributed by atoms with Gasteiger partial charge in [-0.3, -0.25) is 0 Å². The van der Waals surface area contributed by atoms with Crippen LogP contribution in [0.1, 0.15) is 265 Å². The summed E-state index contributed by atoms with van der Waals surface area (Å²) in [5.41, 5.74) is 22.7. The molecule has 3 atom stereocenters. The van der Waals surface area contributed by atoms with Crippen LogP contribution in [0, 0.1) is 0 Å². The monoisotopic (exact) mass is 855 g/mol. The van der Waals surface area contributed by atoms with Crippen LogP contribution >= 0.6 is 0 Å². The highest BCUT2D eigenvalue weighted by Crippen LogP contribution is 2.35. The topological polar surface area (TPSA) is 52.0 Å². The zero-order chi connectivity index (χ0) is 44.6. The van der Waals surface area contributed by atoms with Crippen LogP contribution in [0.15, 0.2) is 97.1 Å². The minimum Gasteiger partial charge on any atom is -0.399 e. The summed E-state index contributed by atoms with van der Waals surface area (Å²) >= 11 is 0. The SMILES string of the molecule is CCCCCCCCCCCCC(c1ccc(N)cc1)c1ccc(CC(CCCCCCCCC)c2ccc(C(CCCCCCCCCCCC)c3ccc(N)cc3)cc2)cc1. The van der Waals surface area contributed by atoms with E-state index in [4.69, 9.17) is 11.5 Å². The van der Waals surface area contributed by atoms with Gasteiger partial charge in [-0.25, -0.2) is 0 Å². The van der Waals surface area contributed by atoms with Crippen molar-refractivity contribution < 1.29 is 0 Å². The quantitative estimate of drug-likeness (QED) is 0.0351. The third-order valence-corrected chi connectivity index (χ3v) is 14.2. The lowest BCUT2D eigenvalue weighted by Gasteiger charge is -2.22. The third-order valence-electron chi connectivity index (χ3n) is 14.2. The molecule has 2 nitrogen and oxygen atoms in total. The van der Waals surface area contributed by atoms with E-state index in [1.54, 1.807) is 0 Å². The van der Waals surface area contributed by atoms with Gasteiger partial charge in [0, 0.05) is 23.2 Å². The molecule has 4 N–H and O–H groups in total. The molecule has 0 radical (unpaired) electrons. The van der Waals surface area contributed by atoms with Crippen LogP contribution in [0.5, 0.6) is 0 Å². The summed E-state index contributed by atoms with van der Waals surface area (Å²) in [6.45, 7) is 6.92. The maximum Gasteiger partial charge on any atom is 0.0314 e. The minimum atomic E-state index is 0.414. The van der Waals surface area contributed by atoms with Crippen LogP contribution < -0.4 is 11.5 Å². The molecule has 0 bridgehead atoms. The Bertz CT molecular complexity index is 1650. The normalized spacial score (nSPS) is 13.0. The summed E-state index contributed by atoms with van der Waals surface area (Å²) < 4.78 is 0. The van der Waals surface area contributed by atoms with Gasteiger partial charge in [-0.15, -0.1) is 0 Å². The van der Waals surface area contributed by atoms with Crippen molar-refractivity contribution >= 4 is 11.4 Å². The second-order valence-electron chi connectivity index (χ2n) is 19.6. The number of unbranched alkanes of at least 4 members (excludes halogenated alkanes) is 24. The van der Waals surface area contributed by atoms with Gasteiger partial charge in [0.2, 0.25) is 0 Å². The van der Waals surface area contributed by atoms with Crippen molar-refractivity contribution in [1.29, 1.82) is 0 Å². The van der Waals surface area contributed by atoms with Crippen molar-refractivity contribution in [3.8, 4) is 0 Å². The highest BCUT2D eigenvalue weighted by Gasteiger charge is 2.19. The fourth-order valence-corrected chi connectivity index (χ4v) is 10.1. The number of rotatable bonds is 37. The number of hydrogen-bond donors (Lipinski definition) is 2. The molecule has 0 aliphatic rings. The lowest BCUT2D eigenvalue weighted by Crippen LogP contribution is -2.07. The number of nitrogen functional groups attached to an aromatic ring is 2. The smallest absolute Gasteiger partial charge is 0.0314 e. The first-order valence-electron chi connectivity index (χ1n) is 26.9. The Kier molecular flexibility index (Phi) is 27.3. The van der Waals surface area contributed by atoms with E-state index in [-0.39, 0.29) is 0 Å². The zero-order valence-electron chi connectivity index (χ0n) is 41.0. The molecule has 0 saturated heterocycles. The molecular formula is C61H94N2. The molecule has 4 aromatic rings. The average molecular weight is 855 g/mol. The Hall–Kier alpha value is -3.52. The molecule has 4 rings (SSSR count). The van der Waals surface area contributed by atoms with Crippen molar-refractivity contribution in [3.05, 3.63) is 130 Å². The van der Waals surface area contributed by atoms with E-state index >= 15 is 0 Å². The molecular weight excluding hydrogens is 761 g/mol. The average Bonchev–Trinajstić information content (AvgIpc) is 3.31. The van der Waals surface area contributed by atoms with E-state index < -0.39 is 0 Å². The summed E-state index contributed by atoms with van der Waals surface area (Å²) in [5, 5.41) is 0. The second kappa shape index (κ2) is 33.0. The number of benzene rings is 4. The van der Waals surface area contributed by atoms with Gasteiger partial charge in [-0.2, -0.15) is 0 Å². The van der Waals surface area contributed by atoms with E-state index in [0.29, 0.717) is 17.8 Å². The van der Waals surface area contributed by atoms with Gasteiger partial charge in [-0.1, -0.05) is 267 Å². The summed E-state index contributed by atoms with van der Waals surface area (Å²) in [4.78, 5) is 0. The van der Waals surface area contributed by atoms with Gasteiger partial charge in [0.25, 0.3) is 0 Å². The number of nitrogens with two attached hydrogens (primary N) is 2. The molecule has 2 heteroatoms. The van der Waals surface area contributed by atoms with Gasteiger partial charge in [0.05, 0.1) is 0 Å². The van der Waals surface area contributed by atoms with Crippen molar-refractivity contribution in [1.82, 2.24) is 0 Å². The van der Waals surface area contributed by atoms with Gasteiger partial charge < -0.3 is 11.5 Å². The largest absolute Gasteiger partial charge is 0.399 e. The molecule has 0 aliphatic heterocycles. The highest BCUT2D eigenvalue weighted by atomic mass is 14.5. The van der Waals surface area contributed by atoms with E-state index in [9.17, 15) is 0 Å². The molecule has 0 saturated carbocycles. The predicted octanol–water partition coefficient (Wildman–Crippen LogP) is 19.2. The standard InChI is InChI=1S/C61H94N2/c1-4-7-10-13-16-18-20-23-26-29-32-60(55-42-46-58(62)47-43-55)53-36-34-51(35-37-53)50-57(31-28-25-22-15-12-9-6-3)52-38-40-54(41-39-52)61(56-44-48-59(63)49-45-56)33-30-27-24-21-19-17-14-11-8-5-2/h34-49,57,60-61H,4-33,50,62-63H2,1-3H3. The summed E-state index contributed by atoms with van der Waals surface area (Å²) in [6, 6.07) is 37.2. The van der Waals surface area contributed by atoms with E-state index in [1.165, 1.54) is 226 Å². The summed E-state index contributed by atoms with van der Waals surface area (Å²) in [7, 11) is 0. The molecule has 4 aromatic carbocycles. The van der Waals surface area contributed by atoms with Crippen molar-refractivity contribution in [2.75, 3.05) is 11.5 Å². The Morgan fingerprint density at radius 2 is 0.540 bits per heavy atom. The third kappa shape index (κ3) is 21.3. The highest BCUT2D eigenvalue weighted by molar-refractivity contribution is 5.44. The van der Waals surface area contributed by atoms with Gasteiger partial charge >= 0.3 is 0 Å². The Balaban J connectivity index is 1.42. The second-order valence-corrected chi connectivity index (χ2v) is 19.6. The van der Waals surface area contributed by atoms with Crippen molar-refractivity contribution in [2.24, 2.45) is 0 Å². The molecule has 0 aliphatic carbocycles. The zero-order valence-corrected chi connectivity index (χ0v) is 41.0. The van der Waals surface area contributed by atoms with Crippen LogP contribution in [0.4, 0.5) is 11.4 Å². The number of anilines is 2. The lowest BCUT2D eigenvalue weighted by atomic mass is 9.82. The first kappa shape index (κ1) is 52.1. The maximum absolute atomic E-state index is 6.17. The lowest BCUT2D eigenvalue weighted by molar-refractivity contribution is 0.530. The molecule has 0 fully saturated rings. The maximum atomic E-state index is 6.17. The first-order valence-corrected chi connectivity index (χ1v) is 26.9. The minimum absolute atomic E-state index is 0.414. The van der Waals surface area contributed by atoms with Crippen LogP contribution in [0.3, 0.4) is 0 Å². The van der Waals surface area contributed by atoms with E-state index in [0.717, 1.165) is 17.8 Å². The van der Waals surface area contributed by atoms with Crippen molar-refractivity contribution in [2.45, 2.75) is 238 Å². The Morgan fingerprint density at radius 3 is 0.873 bits per heavy atom. The van der Waals surface area contributed by atoms with E-state index in [2.05, 4.69) is 118 Å². The Labute approximate surface area is 389 Å². The fraction of sp³-hybridized carbons (Fsp3) is 0.607. The van der Waals surface area contributed by atoms with Crippen LogP contribution in [0.25, 0.3) is 0 Å². The van der Waals surface area contributed by atoms with Crippen molar-refractivity contribution in [3.63, 3.8) is 0 Å². The molecule has 3 unspecified atom stereocenters. The van der Waals surface area contributed by atoms with Crippen LogP contribution in [-0.2, 0) is 6.42 Å². The van der Waals surface area contributed by atoms with Crippen LogP contribution in [-0.4, -0.2) is 0 Å². The van der Waals surface area contributed by atoms with Gasteiger partial charge in [-0.05, 0) is 89.2 Å². The number of hydrogen-bond acceptors (Lipinski definition) is 2. The molecule has 0 heterocycles. The van der Waals surface area contributed by atoms with E-state index in [1.807, 2.05) is 0 Å². The van der Waals surface area contributed by atoms with Gasteiger partial charge in [0.1, 0.15) is 0 Å². The first-order chi connectivity index (χ1) is 31.0. The molecule has 63 heavy (non-hydrogen) atoms. The summed E-state index contributed by atoms with van der Waals surface area (Å²) in [5.74, 6) is 1.35.